The Kier molecular flexibility index (Phi) is 14.0. The van der Waals surface area contributed by atoms with E-state index in [9.17, 15) is 0 Å². The van der Waals surface area contributed by atoms with E-state index in [-0.39, 0.29) is 12.0 Å². The summed E-state index contributed by atoms with van der Waals surface area (Å²) < 4.78 is 0. The van der Waals surface area contributed by atoms with Crippen LogP contribution < -0.4 is 11.1 Å². The summed E-state index contributed by atoms with van der Waals surface area (Å²) in [5.41, 5.74) is 13.4. The third-order valence-electron chi connectivity index (χ3n) is 5.85. The highest BCUT2D eigenvalue weighted by atomic mass is 14.9. The standard InChI is InChI=1S/C22H30N2.C10H14/c1-6-7-8-9-10-11-20-12-14-21(15-13-20)16-24-19(5)18(4)22(23)17(2)3;1-3-9-7-5-6-8-10(9)4-2/h6-15,18,22,24H,2,5,16,23H2,1,3-4H3;5-8H,3-4H2,1-2H3/b7-6-,9-8-,11-10+;. The molecule has 0 aliphatic heterocycles. The van der Waals surface area contributed by atoms with Gasteiger partial charge in [-0.3, -0.25) is 0 Å². The zero-order chi connectivity index (χ0) is 25.3. The zero-order valence-corrected chi connectivity index (χ0v) is 21.9. The largest absolute Gasteiger partial charge is 0.384 e. The summed E-state index contributed by atoms with van der Waals surface area (Å²) in [5.74, 6) is 0.161. The summed E-state index contributed by atoms with van der Waals surface area (Å²) in [6.45, 7) is 19.2. The predicted molar refractivity (Wildman–Crippen MR) is 153 cm³/mol. The Labute approximate surface area is 208 Å². The van der Waals surface area contributed by atoms with Gasteiger partial charge in [0, 0.05) is 24.2 Å². The number of hydrogen-bond donors (Lipinski definition) is 2. The molecule has 2 atom stereocenters. The SMILES string of the molecule is C=C(NCc1ccc(/C=C/C=C\C=C/C)cc1)C(C)C(N)C(=C)C.CCc1ccccc1CC. The molecule has 0 saturated carbocycles. The number of aryl methyl sites for hydroxylation is 2. The molecule has 0 bridgehead atoms. The van der Waals surface area contributed by atoms with Gasteiger partial charge in [0.05, 0.1) is 0 Å². The Balaban J connectivity index is 0.000000479. The van der Waals surface area contributed by atoms with E-state index in [1.54, 1.807) is 0 Å². The second-order valence-electron chi connectivity index (χ2n) is 8.53. The van der Waals surface area contributed by atoms with Gasteiger partial charge in [-0.1, -0.05) is 124 Å². The van der Waals surface area contributed by atoms with E-state index in [1.807, 2.05) is 44.2 Å². The molecule has 34 heavy (non-hydrogen) atoms. The van der Waals surface area contributed by atoms with Gasteiger partial charge in [-0.15, -0.1) is 0 Å². The number of nitrogens with two attached hydrogens (primary N) is 1. The lowest BCUT2D eigenvalue weighted by molar-refractivity contribution is 0.533. The van der Waals surface area contributed by atoms with Crippen molar-refractivity contribution < 1.29 is 0 Å². The molecule has 0 heterocycles. The Morgan fingerprint density at radius 1 is 0.912 bits per heavy atom. The van der Waals surface area contributed by atoms with Gasteiger partial charge in [-0.25, -0.2) is 0 Å². The molecule has 0 aromatic heterocycles. The number of allylic oxidation sites excluding steroid dienone is 5. The maximum absolute atomic E-state index is 6.11. The minimum Gasteiger partial charge on any atom is -0.384 e. The van der Waals surface area contributed by atoms with Crippen molar-refractivity contribution >= 4 is 6.08 Å². The monoisotopic (exact) mass is 456 g/mol. The first kappa shape index (κ1) is 28.9. The molecule has 2 aromatic carbocycles. The van der Waals surface area contributed by atoms with Crippen molar-refractivity contribution in [1.29, 1.82) is 0 Å². The third kappa shape index (κ3) is 10.7. The lowest BCUT2D eigenvalue weighted by atomic mass is 9.94. The first-order valence-electron chi connectivity index (χ1n) is 12.3. The van der Waals surface area contributed by atoms with Gasteiger partial charge >= 0.3 is 0 Å². The van der Waals surface area contributed by atoms with Crippen molar-refractivity contribution in [2.24, 2.45) is 11.7 Å². The average Bonchev–Trinajstić information content (AvgIpc) is 2.87. The van der Waals surface area contributed by atoms with Crippen LogP contribution in [0.4, 0.5) is 0 Å². The van der Waals surface area contributed by atoms with Gasteiger partial charge in [0.2, 0.25) is 0 Å². The molecule has 0 aliphatic carbocycles. The van der Waals surface area contributed by atoms with Gasteiger partial charge in [0.15, 0.2) is 0 Å². The quantitative estimate of drug-likeness (QED) is 0.267. The van der Waals surface area contributed by atoms with Gasteiger partial charge in [-0.05, 0) is 48.9 Å². The van der Waals surface area contributed by atoms with Crippen LogP contribution in [0.15, 0.2) is 103 Å². The molecule has 2 unspecified atom stereocenters. The highest BCUT2D eigenvalue weighted by molar-refractivity contribution is 5.51. The van der Waals surface area contributed by atoms with Crippen molar-refractivity contribution in [3.63, 3.8) is 0 Å². The van der Waals surface area contributed by atoms with E-state index in [4.69, 9.17) is 5.73 Å². The maximum Gasteiger partial charge on any atom is 0.0397 e. The van der Waals surface area contributed by atoms with Crippen LogP contribution in [-0.2, 0) is 19.4 Å². The zero-order valence-electron chi connectivity index (χ0n) is 21.9. The number of nitrogens with one attached hydrogen (secondary N) is 1. The van der Waals surface area contributed by atoms with Crippen LogP contribution >= 0.6 is 0 Å². The van der Waals surface area contributed by atoms with E-state index < -0.39 is 0 Å². The van der Waals surface area contributed by atoms with Gasteiger partial charge in [0.1, 0.15) is 0 Å². The van der Waals surface area contributed by atoms with Crippen molar-refractivity contribution in [3.05, 3.63) is 126 Å². The lowest BCUT2D eigenvalue weighted by Gasteiger charge is -2.23. The summed E-state index contributed by atoms with van der Waals surface area (Å²) in [7, 11) is 0. The second kappa shape index (κ2) is 16.5. The molecule has 182 valence electrons. The topological polar surface area (TPSA) is 38.0 Å². The Bertz CT molecular complexity index is 938. The first-order chi connectivity index (χ1) is 16.3. The average molecular weight is 457 g/mol. The Hall–Kier alpha value is -3.10. The summed E-state index contributed by atoms with van der Waals surface area (Å²) in [4.78, 5) is 0. The van der Waals surface area contributed by atoms with Crippen LogP contribution in [0.5, 0.6) is 0 Å². The molecule has 2 aromatic rings. The van der Waals surface area contributed by atoms with E-state index in [0.717, 1.165) is 30.7 Å². The van der Waals surface area contributed by atoms with Crippen molar-refractivity contribution in [2.45, 2.75) is 60.0 Å². The summed E-state index contributed by atoms with van der Waals surface area (Å²) >= 11 is 0. The number of hydrogen-bond acceptors (Lipinski definition) is 2. The molecular formula is C32H44N2. The molecule has 2 heteroatoms. The second-order valence-corrected chi connectivity index (χ2v) is 8.53. The highest BCUT2D eigenvalue weighted by Gasteiger charge is 2.16. The minimum absolute atomic E-state index is 0.0619. The number of benzene rings is 2. The number of rotatable bonds is 11. The van der Waals surface area contributed by atoms with Crippen LogP contribution in [0.2, 0.25) is 0 Å². The van der Waals surface area contributed by atoms with E-state index in [1.165, 1.54) is 22.3 Å². The molecular weight excluding hydrogens is 412 g/mol. The maximum atomic E-state index is 6.11. The molecule has 0 spiro atoms. The normalized spacial score (nSPS) is 13.0. The molecule has 0 aliphatic rings. The smallest absolute Gasteiger partial charge is 0.0397 e. The summed E-state index contributed by atoms with van der Waals surface area (Å²) in [6.07, 6.45) is 14.5. The third-order valence-corrected chi connectivity index (χ3v) is 5.85. The van der Waals surface area contributed by atoms with Gasteiger partial charge < -0.3 is 11.1 Å². The predicted octanol–water partition coefficient (Wildman–Crippen LogP) is 7.79. The van der Waals surface area contributed by atoms with Crippen molar-refractivity contribution in [1.82, 2.24) is 5.32 Å². The fourth-order valence-electron chi connectivity index (χ4n) is 3.42. The molecule has 0 radical (unpaired) electrons. The molecule has 2 nitrogen and oxygen atoms in total. The van der Waals surface area contributed by atoms with Crippen LogP contribution in [0.3, 0.4) is 0 Å². The van der Waals surface area contributed by atoms with E-state index in [2.05, 4.69) is 93.9 Å². The fraction of sp³-hybridized carbons (Fsp3) is 0.312. The van der Waals surface area contributed by atoms with Crippen molar-refractivity contribution in [2.75, 3.05) is 0 Å². The van der Waals surface area contributed by atoms with Crippen molar-refractivity contribution in [3.8, 4) is 0 Å². The van der Waals surface area contributed by atoms with Gasteiger partial charge in [0.25, 0.3) is 0 Å². The lowest BCUT2D eigenvalue weighted by Crippen LogP contribution is -2.34. The molecule has 0 amide bonds. The Morgan fingerprint density at radius 3 is 1.97 bits per heavy atom. The van der Waals surface area contributed by atoms with E-state index in [0.29, 0.717) is 0 Å². The van der Waals surface area contributed by atoms with Gasteiger partial charge in [-0.2, -0.15) is 0 Å². The van der Waals surface area contributed by atoms with Crippen LogP contribution in [0.25, 0.3) is 6.08 Å². The van der Waals surface area contributed by atoms with Crippen LogP contribution in [0, 0.1) is 5.92 Å². The van der Waals surface area contributed by atoms with Crippen LogP contribution in [-0.4, -0.2) is 6.04 Å². The Morgan fingerprint density at radius 2 is 1.47 bits per heavy atom. The molecule has 2 rings (SSSR count). The van der Waals surface area contributed by atoms with Crippen LogP contribution in [0.1, 0.15) is 56.9 Å². The highest BCUT2D eigenvalue weighted by Crippen LogP contribution is 2.15. The summed E-state index contributed by atoms with van der Waals surface area (Å²) in [5, 5.41) is 3.37. The molecule has 0 saturated heterocycles. The first-order valence-corrected chi connectivity index (χ1v) is 12.3. The molecule has 0 fully saturated rings. The summed E-state index contributed by atoms with van der Waals surface area (Å²) in [6, 6.07) is 17.0. The minimum atomic E-state index is -0.0619. The van der Waals surface area contributed by atoms with E-state index >= 15 is 0 Å². The molecule has 3 N–H and O–H groups in total. The fourth-order valence-corrected chi connectivity index (χ4v) is 3.42.